The van der Waals surface area contributed by atoms with E-state index in [9.17, 15) is 48.5 Å². The summed E-state index contributed by atoms with van der Waals surface area (Å²) in [6.45, 7) is 9.93. The number of carbonyl (C=O) groups is 3. The molecule has 6 aromatic carbocycles. The lowest BCUT2D eigenvalue weighted by molar-refractivity contribution is 0.0926. The molecule has 16 nitrogen and oxygen atoms in total. The van der Waals surface area contributed by atoms with E-state index in [4.69, 9.17) is 74.3 Å². The first-order chi connectivity index (χ1) is 45.0. The number of nitrogens with zero attached hydrogens (tertiary/aromatic N) is 3. The van der Waals surface area contributed by atoms with Gasteiger partial charge in [-0.3, -0.25) is 28.8 Å². The van der Waals surface area contributed by atoms with Crippen LogP contribution in [0.25, 0.3) is 33.8 Å². The van der Waals surface area contributed by atoms with Gasteiger partial charge in [0.25, 0.3) is 34.4 Å². The summed E-state index contributed by atoms with van der Waals surface area (Å²) in [5, 5.41) is 42.1. The molecule has 0 radical (unpaired) electrons. The fraction of sp³-hybridized carbons (Fsp3) is 0.250. The molecule has 3 aromatic heterocycles. The summed E-state index contributed by atoms with van der Waals surface area (Å²) >= 11 is 35.8. The Morgan fingerprint density at radius 3 is 1.35 bits per heavy atom. The van der Waals surface area contributed by atoms with Gasteiger partial charge in [0.05, 0.1) is 70.5 Å². The van der Waals surface area contributed by atoms with Crippen LogP contribution in [0.15, 0.2) is 154 Å². The number of aromatic nitrogens is 3. The SMILES string of the molecule is Cc1cc(F)cc(-c2cc(C(=O)NCCCOc3ccc(Cl)c(Cl)c3)c(O)c(=O)n2C)c1.Cc1cccc(-c2cc(C(=O)NC(C)CCCc3ccc(Cl)c(Cl)c3)c(O)c(=O)n2C)c1.Cc1cccc(-c2cc(C(=O)NC(C)CCc3ccc(Cl)c(Cl)c3)c(O)c(=O)n2C)c1. The molecule has 6 N–H and O–H groups in total. The molecule has 0 aliphatic heterocycles. The Kier molecular flexibility index (Phi) is 26.2. The molecule has 0 bridgehead atoms. The van der Waals surface area contributed by atoms with Crippen LogP contribution in [-0.2, 0) is 34.0 Å². The average molecular weight is 1410 g/mol. The van der Waals surface area contributed by atoms with E-state index >= 15 is 0 Å². The molecule has 3 heterocycles. The molecule has 2 atom stereocenters. The maximum Gasteiger partial charge on any atom is 0.293 e. The van der Waals surface area contributed by atoms with E-state index in [-0.39, 0.29) is 35.3 Å². The van der Waals surface area contributed by atoms with E-state index in [1.54, 1.807) is 75.6 Å². The largest absolute Gasteiger partial charge is 0.502 e. The van der Waals surface area contributed by atoms with Gasteiger partial charge in [0.2, 0.25) is 0 Å². The molecule has 95 heavy (non-hydrogen) atoms. The minimum Gasteiger partial charge on any atom is -0.502 e. The second kappa shape index (κ2) is 33.7. The van der Waals surface area contributed by atoms with Crippen LogP contribution in [0.1, 0.15) is 98.4 Å². The Morgan fingerprint density at radius 2 is 0.895 bits per heavy atom. The first kappa shape index (κ1) is 73.9. The van der Waals surface area contributed by atoms with Crippen LogP contribution in [0.2, 0.25) is 30.1 Å². The molecule has 3 amide bonds. The van der Waals surface area contributed by atoms with Crippen molar-refractivity contribution in [2.24, 2.45) is 21.1 Å². The van der Waals surface area contributed by atoms with Crippen molar-refractivity contribution >= 4 is 87.3 Å². The number of carbonyl (C=O) groups excluding carboxylic acids is 3. The van der Waals surface area contributed by atoms with Crippen molar-refractivity contribution in [3.8, 4) is 56.8 Å². The lowest BCUT2D eigenvalue weighted by atomic mass is 10.0. The highest BCUT2D eigenvalue weighted by atomic mass is 35.5. The molecule has 0 spiro atoms. The van der Waals surface area contributed by atoms with Gasteiger partial charge in [-0.05, 0) is 186 Å². The van der Waals surface area contributed by atoms with Crippen LogP contribution in [0.3, 0.4) is 0 Å². The molecule has 9 aromatic rings. The van der Waals surface area contributed by atoms with Gasteiger partial charge in [0, 0.05) is 51.4 Å². The Morgan fingerprint density at radius 1 is 0.474 bits per heavy atom. The van der Waals surface area contributed by atoms with Gasteiger partial charge in [-0.15, -0.1) is 0 Å². The highest BCUT2D eigenvalue weighted by molar-refractivity contribution is 6.43. The van der Waals surface area contributed by atoms with Crippen molar-refractivity contribution < 1.29 is 38.8 Å². The molecular formula is C72H71Cl6FN6O10. The standard InChI is InChI=1S/C25H26Cl2N2O3.C24H24Cl2N2O3.C23H21Cl2FN2O4/c1-15-6-4-9-18(12-15)22-14-19(23(30)25(32)29(22)3)24(31)28-16(2)7-5-8-17-10-11-20(26)21(27)13-17;1-14-5-4-6-17(11-14)21-13-18(22(29)24(31)28(21)3)23(30)27-15(2)7-8-16-9-10-19(25)20(26)12-16;1-13-8-14(10-15(26)9-13)20-12-17(21(29)23(31)28(20)2)22(30)27-6-3-7-32-16-4-5-18(24)19(25)11-16/h4,6,9-14,16,30H,5,7-8H2,1-3H3,(H,28,31);4-6,9-13,15,29H,7-8H2,1-3H3,(H,27,30);4-5,8-12,29H,3,6-7H2,1-2H3,(H,27,30). The number of hydrogen-bond donors (Lipinski definition) is 6. The van der Waals surface area contributed by atoms with Crippen molar-refractivity contribution in [3.63, 3.8) is 0 Å². The third-order valence-electron chi connectivity index (χ3n) is 15.4. The maximum atomic E-state index is 13.8. The van der Waals surface area contributed by atoms with Crippen LogP contribution in [-0.4, -0.2) is 72.0 Å². The number of aromatic hydroxyl groups is 3. The molecule has 0 aliphatic rings. The maximum absolute atomic E-state index is 13.8. The van der Waals surface area contributed by atoms with Crippen LogP contribution in [0, 0.1) is 26.6 Å². The van der Waals surface area contributed by atoms with E-state index in [1.165, 1.54) is 38.9 Å². The van der Waals surface area contributed by atoms with Crippen LogP contribution >= 0.6 is 69.6 Å². The van der Waals surface area contributed by atoms with E-state index in [0.29, 0.717) is 90.0 Å². The second-order valence-corrected chi connectivity index (χ2v) is 25.4. The molecule has 9 rings (SSSR count). The number of pyridine rings is 3. The lowest BCUT2D eigenvalue weighted by Gasteiger charge is -2.17. The predicted octanol–water partition coefficient (Wildman–Crippen LogP) is 15.3. The monoisotopic (exact) mass is 1410 g/mol. The van der Waals surface area contributed by atoms with Crippen molar-refractivity contribution in [2.45, 2.75) is 85.2 Å². The first-order valence-electron chi connectivity index (χ1n) is 30.1. The molecule has 0 aliphatic carbocycles. The van der Waals surface area contributed by atoms with Crippen molar-refractivity contribution in [3.05, 3.63) is 251 Å². The molecule has 23 heteroatoms. The van der Waals surface area contributed by atoms with Gasteiger partial charge in [-0.1, -0.05) is 129 Å². The molecule has 0 saturated heterocycles. The summed E-state index contributed by atoms with van der Waals surface area (Å²) in [5.41, 5.74) is 6.01. The summed E-state index contributed by atoms with van der Waals surface area (Å²) in [6, 6.07) is 39.6. The second-order valence-electron chi connectivity index (χ2n) is 22.9. The number of rotatable bonds is 20. The number of nitrogens with one attached hydrogen (secondary N) is 3. The Labute approximate surface area is 579 Å². The fourth-order valence-electron chi connectivity index (χ4n) is 10.2. The van der Waals surface area contributed by atoms with Gasteiger partial charge >= 0.3 is 0 Å². The van der Waals surface area contributed by atoms with E-state index in [0.717, 1.165) is 52.6 Å². The quantitative estimate of drug-likeness (QED) is 0.0396. The summed E-state index contributed by atoms with van der Waals surface area (Å²) in [7, 11) is 4.59. The van der Waals surface area contributed by atoms with Crippen LogP contribution in [0.4, 0.5) is 4.39 Å². The highest BCUT2D eigenvalue weighted by Gasteiger charge is 2.24. The van der Waals surface area contributed by atoms with Gasteiger partial charge in [0.15, 0.2) is 17.2 Å². The Bertz CT molecular complexity index is 4500. The Hall–Kier alpha value is -8.55. The third-order valence-corrected chi connectivity index (χ3v) is 17.6. The zero-order valence-electron chi connectivity index (χ0n) is 53.3. The van der Waals surface area contributed by atoms with Crippen LogP contribution in [0.5, 0.6) is 23.0 Å². The number of ether oxygens (including phenoxy) is 1. The van der Waals surface area contributed by atoms with Crippen molar-refractivity contribution in [2.75, 3.05) is 13.2 Å². The molecule has 0 fully saturated rings. The molecule has 2 unspecified atom stereocenters. The number of hydrogen-bond acceptors (Lipinski definition) is 10. The van der Waals surface area contributed by atoms with Crippen LogP contribution < -0.4 is 37.4 Å². The third kappa shape index (κ3) is 19.8. The minimum absolute atomic E-state index is 0.0269. The van der Waals surface area contributed by atoms with Gasteiger partial charge in [-0.25, -0.2) is 4.39 Å². The predicted molar refractivity (Wildman–Crippen MR) is 377 cm³/mol. The number of benzene rings is 6. The lowest BCUT2D eigenvalue weighted by Crippen LogP contribution is -2.34. The summed E-state index contributed by atoms with van der Waals surface area (Å²) in [6.07, 6.45) is 4.16. The number of halogens is 7. The number of amides is 3. The molecule has 498 valence electrons. The minimum atomic E-state index is -0.752. The van der Waals surface area contributed by atoms with E-state index in [2.05, 4.69) is 16.0 Å². The molecular weight excluding hydrogens is 1340 g/mol. The Balaban J connectivity index is 0.000000201. The topological polar surface area (TPSA) is 223 Å². The fourth-order valence-corrected chi connectivity index (χ4v) is 11.1. The smallest absolute Gasteiger partial charge is 0.293 e. The van der Waals surface area contributed by atoms with Gasteiger partial charge in [0.1, 0.15) is 11.6 Å². The van der Waals surface area contributed by atoms with E-state index in [1.807, 2.05) is 94.4 Å². The van der Waals surface area contributed by atoms with E-state index < -0.39 is 57.5 Å². The highest BCUT2D eigenvalue weighted by Crippen LogP contribution is 2.30. The summed E-state index contributed by atoms with van der Waals surface area (Å²) in [5.74, 6) is -3.30. The normalized spacial score (nSPS) is 11.5. The number of aryl methyl sites for hydroxylation is 5. The molecule has 0 saturated carbocycles. The van der Waals surface area contributed by atoms with Gasteiger partial charge in [-0.2, -0.15) is 0 Å². The first-order valence-corrected chi connectivity index (χ1v) is 32.3. The summed E-state index contributed by atoms with van der Waals surface area (Å²) in [4.78, 5) is 75.8. The zero-order chi connectivity index (χ0) is 69.5. The van der Waals surface area contributed by atoms with Gasteiger partial charge < -0.3 is 49.7 Å². The average Bonchev–Trinajstić information content (AvgIpc) is 0.820. The zero-order valence-corrected chi connectivity index (χ0v) is 57.8. The summed E-state index contributed by atoms with van der Waals surface area (Å²) < 4.78 is 23.3. The van der Waals surface area contributed by atoms with Crippen molar-refractivity contribution in [1.82, 2.24) is 29.7 Å². The van der Waals surface area contributed by atoms with Crippen molar-refractivity contribution in [1.29, 1.82) is 0 Å².